The first-order valence-corrected chi connectivity index (χ1v) is 10.2. The molecule has 0 aromatic carbocycles. The lowest BCUT2D eigenvalue weighted by atomic mass is 9.93. The summed E-state index contributed by atoms with van der Waals surface area (Å²) in [7, 11) is 0. The smallest absolute Gasteiger partial charge is 0.254 e. The topological polar surface area (TPSA) is 121 Å². The van der Waals surface area contributed by atoms with Crippen LogP contribution in [0.3, 0.4) is 0 Å². The summed E-state index contributed by atoms with van der Waals surface area (Å²) in [6.07, 6.45) is 8.88. The lowest BCUT2D eigenvalue weighted by Crippen LogP contribution is -2.28. The highest BCUT2D eigenvalue weighted by atomic mass is 16.3. The minimum absolute atomic E-state index is 0.0751. The predicted molar refractivity (Wildman–Crippen MR) is 107 cm³/mol. The summed E-state index contributed by atoms with van der Waals surface area (Å²) in [5.74, 6) is 0.950. The zero-order chi connectivity index (χ0) is 20.0. The Kier molecular flexibility index (Phi) is 4.46. The Morgan fingerprint density at radius 2 is 1.83 bits per heavy atom. The molecule has 0 atom stereocenters. The number of nitrogens with one attached hydrogen (secondary N) is 3. The number of anilines is 2. The second-order valence-corrected chi connectivity index (χ2v) is 8.15. The molecule has 0 bridgehead atoms. The average molecular weight is 396 g/mol. The molecule has 152 valence electrons. The molecule has 0 unspecified atom stereocenters. The van der Waals surface area contributed by atoms with Crippen LogP contribution in [0, 0.1) is 0 Å². The summed E-state index contributed by atoms with van der Waals surface area (Å²) >= 11 is 0. The largest absolute Gasteiger partial charge is 0.393 e. The zero-order valence-electron chi connectivity index (χ0n) is 16.0. The minimum Gasteiger partial charge on any atom is -0.393 e. The number of aliphatic hydroxyl groups is 1. The van der Waals surface area contributed by atoms with Gasteiger partial charge in [0.2, 0.25) is 5.91 Å². The van der Waals surface area contributed by atoms with Crippen molar-refractivity contribution in [3.8, 4) is 0 Å². The molecule has 1 saturated heterocycles. The van der Waals surface area contributed by atoms with Crippen LogP contribution in [0.5, 0.6) is 0 Å². The van der Waals surface area contributed by atoms with Crippen LogP contribution < -0.4 is 16.0 Å². The first-order chi connectivity index (χ1) is 14.0. The second-order valence-electron chi connectivity index (χ2n) is 8.15. The van der Waals surface area contributed by atoms with Gasteiger partial charge in [-0.25, -0.2) is 4.98 Å². The molecule has 2 amide bonds. The molecule has 9 heteroatoms. The highest BCUT2D eigenvalue weighted by Crippen LogP contribution is 2.29. The molecule has 2 saturated carbocycles. The van der Waals surface area contributed by atoms with E-state index >= 15 is 0 Å². The number of nitrogens with zero attached hydrogens (tertiary/aromatic N) is 3. The third-order valence-electron chi connectivity index (χ3n) is 5.70. The van der Waals surface area contributed by atoms with Gasteiger partial charge in [0.25, 0.3) is 5.91 Å². The van der Waals surface area contributed by atoms with Gasteiger partial charge in [-0.15, -0.1) is 0 Å². The van der Waals surface area contributed by atoms with Crippen LogP contribution in [0.1, 0.15) is 50.5 Å². The fourth-order valence-electron chi connectivity index (χ4n) is 3.93. The number of rotatable bonds is 5. The molecule has 4 N–H and O–H groups in total. The van der Waals surface area contributed by atoms with E-state index < -0.39 is 0 Å². The molecule has 0 radical (unpaired) electrons. The maximum Gasteiger partial charge on any atom is 0.254 e. The maximum absolute atomic E-state index is 11.9. The van der Waals surface area contributed by atoms with Crippen LogP contribution in [-0.4, -0.2) is 49.7 Å². The van der Waals surface area contributed by atoms with Gasteiger partial charge in [-0.1, -0.05) is 0 Å². The Balaban J connectivity index is 1.49. The Bertz CT molecular complexity index is 1000. The zero-order valence-corrected chi connectivity index (χ0v) is 16.0. The van der Waals surface area contributed by atoms with Gasteiger partial charge in [0.05, 0.1) is 18.7 Å². The monoisotopic (exact) mass is 396 g/mol. The molecule has 2 aromatic heterocycles. The van der Waals surface area contributed by atoms with Gasteiger partial charge in [-0.05, 0) is 44.6 Å². The number of carbonyl (C=O) groups is 2. The SMILES string of the molecule is O=C1CC(=Cc2cnn3c(NC4CC4)cc(NC4CCC(O)CC4)nc23)C(=O)N1. The van der Waals surface area contributed by atoms with Crippen molar-refractivity contribution in [3.63, 3.8) is 0 Å². The number of aromatic nitrogens is 3. The third-order valence-corrected chi connectivity index (χ3v) is 5.70. The lowest BCUT2D eigenvalue weighted by Gasteiger charge is -2.26. The van der Waals surface area contributed by atoms with E-state index in [1.54, 1.807) is 16.8 Å². The highest BCUT2D eigenvalue weighted by molar-refractivity contribution is 6.15. The standard InChI is InChI=1S/C20H24N6O3/c27-15-5-3-13(4-6-15)22-16-9-17(23-14-1-2-14)26-19(24-16)12(10-21-26)7-11-8-18(28)25-20(11)29/h7,9-10,13-15,23,27H,1-6,8H2,(H,22,24)(H,25,28,29). The first-order valence-electron chi connectivity index (χ1n) is 10.2. The van der Waals surface area contributed by atoms with E-state index in [9.17, 15) is 14.7 Å². The summed E-state index contributed by atoms with van der Waals surface area (Å²) in [6.45, 7) is 0. The Hall–Kier alpha value is -2.94. The first kappa shape index (κ1) is 18.1. The number of hydrogen-bond acceptors (Lipinski definition) is 7. The van der Waals surface area contributed by atoms with E-state index in [-0.39, 0.29) is 30.4 Å². The summed E-state index contributed by atoms with van der Waals surface area (Å²) in [5.41, 5.74) is 1.75. The van der Waals surface area contributed by atoms with Crippen molar-refractivity contribution >= 4 is 35.2 Å². The number of imide groups is 1. The Morgan fingerprint density at radius 3 is 2.52 bits per heavy atom. The Labute approximate surface area is 167 Å². The van der Waals surface area contributed by atoms with Crippen molar-refractivity contribution in [2.45, 2.75) is 63.1 Å². The average Bonchev–Trinajstić information content (AvgIpc) is 3.33. The summed E-state index contributed by atoms with van der Waals surface area (Å²) in [4.78, 5) is 28.2. The molecule has 1 aliphatic heterocycles. The molecule has 2 aliphatic carbocycles. The molecular formula is C20H24N6O3. The maximum atomic E-state index is 11.9. The van der Waals surface area contributed by atoms with Crippen molar-refractivity contribution in [1.82, 2.24) is 19.9 Å². The van der Waals surface area contributed by atoms with Gasteiger partial charge in [-0.2, -0.15) is 9.61 Å². The van der Waals surface area contributed by atoms with E-state index in [1.165, 1.54) is 0 Å². The van der Waals surface area contributed by atoms with Crippen molar-refractivity contribution in [3.05, 3.63) is 23.4 Å². The molecular weight excluding hydrogens is 372 g/mol. The van der Waals surface area contributed by atoms with Crippen LogP contribution in [-0.2, 0) is 9.59 Å². The van der Waals surface area contributed by atoms with Crippen LogP contribution in [0.25, 0.3) is 11.7 Å². The number of hydrogen-bond donors (Lipinski definition) is 4. The predicted octanol–water partition coefficient (Wildman–Crippen LogP) is 1.45. The van der Waals surface area contributed by atoms with Crippen molar-refractivity contribution in [1.29, 1.82) is 0 Å². The molecule has 3 fully saturated rings. The van der Waals surface area contributed by atoms with E-state index in [1.807, 2.05) is 6.07 Å². The molecule has 5 rings (SSSR count). The van der Waals surface area contributed by atoms with Crippen molar-refractivity contribution < 1.29 is 14.7 Å². The molecule has 2 aromatic rings. The number of carbonyl (C=O) groups excluding carboxylic acids is 2. The quantitative estimate of drug-likeness (QED) is 0.446. The van der Waals surface area contributed by atoms with Crippen LogP contribution in [0.15, 0.2) is 17.8 Å². The molecule has 9 nitrogen and oxygen atoms in total. The fraction of sp³-hybridized carbons (Fsp3) is 0.500. The van der Waals surface area contributed by atoms with Crippen molar-refractivity contribution in [2.75, 3.05) is 10.6 Å². The van der Waals surface area contributed by atoms with Crippen molar-refractivity contribution in [2.24, 2.45) is 0 Å². The van der Waals surface area contributed by atoms with Crippen LogP contribution >= 0.6 is 0 Å². The molecule has 3 heterocycles. The number of amides is 2. The normalized spacial score (nSPS) is 26.2. The molecule has 0 spiro atoms. The minimum atomic E-state index is -0.360. The van der Waals surface area contributed by atoms with Gasteiger partial charge in [0, 0.05) is 29.3 Å². The summed E-state index contributed by atoms with van der Waals surface area (Å²) in [5, 5.41) is 23.5. The van der Waals surface area contributed by atoms with Gasteiger partial charge >= 0.3 is 0 Å². The van der Waals surface area contributed by atoms with Gasteiger partial charge < -0.3 is 15.7 Å². The van der Waals surface area contributed by atoms with E-state index in [0.717, 1.165) is 50.2 Å². The fourth-order valence-corrected chi connectivity index (χ4v) is 3.93. The summed E-state index contributed by atoms with van der Waals surface area (Å²) < 4.78 is 1.75. The van der Waals surface area contributed by atoms with Crippen LogP contribution in [0.4, 0.5) is 11.6 Å². The summed E-state index contributed by atoms with van der Waals surface area (Å²) in [6, 6.07) is 2.68. The lowest BCUT2D eigenvalue weighted by molar-refractivity contribution is -0.124. The third kappa shape index (κ3) is 3.82. The van der Waals surface area contributed by atoms with E-state index in [0.29, 0.717) is 22.8 Å². The van der Waals surface area contributed by atoms with E-state index in [2.05, 4.69) is 21.0 Å². The van der Waals surface area contributed by atoms with E-state index in [4.69, 9.17) is 4.98 Å². The van der Waals surface area contributed by atoms with Gasteiger partial charge in [0.1, 0.15) is 11.6 Å². The highest BCUT2D eigenvalue weighted by Gasteiger charge is 2.26. The van der Waals surface area contributed by atoms with Crippen LogP contribution in [0.2, 0.25) is 0 Å². The van der Waals surface area contributed by atoms with Gasteiger partial charge in [0.15, 0.2) is 5.65 Å². The second kappa shape index (κ2) is 7.14. The molecule has 3 aliphatic rings. The number of aliphatic hydroxyl groups excluding tert-OH is 1. The number of fused-ring (bicyclic) bond motifs is 1. The van der Waals surface area contributed by atoms with Gasteiger partial charge in [-0.3, -0.25) is 14.9 Å². The molecule has 29 heavy (non-hydrogen) atoms. The Morgan fingerprint density at radius 1 is 1.10 bits per heavy atom.